The van der Waals surface area contributed by atoms with Crippen LogP contribution in [0.4, 0.5) is 0 Å². The minimum atomic E-state index is -0.0841. The van der Waals surface area contributed by atoms with Gasteiger partial charge < -0.3 is 4.42 Å². The molecule has 0 saturated carbocycles. The van der Waals surface area contributed by atoms with E-state index in [9.17, 15) is 0 Å². The maximum Gasteiger partial charge on any atom is 0.164 e. The predicted octanol–water partition coefficient (Wildman–Crippen LogP) is 15.7. The summed E-state index contributed by atoms with van der Waals surface area (Å²) in [6.45, 7) is 4.65. The molecule has 64 heavy (non-hydrogen) atoms. The SMILES string of the molecule is CC1(C)c2ccccc2-c2ccc(-c3cccc(-c4nc(-c5ccccc5)nc(-c5cccc(-c6ccc7c(c6)oc6cccc(-c8cccc(-c9ccccc9)c8)c67)c5)n4)c3)cc21. The van der Waals surface area contributed by atoms with Crippen molar-refractivity contribution in [1.82, 2.24) is 15.0 Å². The first-order valence-electron chi connectivity index (χ1n) is 21.8. The highest BCUT2D eigenvalue weighted by atomic mass is 16.3. The summed E-state index contributed by atoms with van der Waals surface area (Å²) in [4.78, 5) is 15.4. The van der Waals surface area contributed by atoms with Crippen molar-refractivity contribution < 1.29 is 4.42 Å². The van der Waals surface area contributed by atoms with Crippen molar-refractivity contribution >= 4 is 21.9 Å². The fourth-order valence-electron chi connectivity index (χ4n) is 9.65. The number of aromatic nitrogens is 3. The Labute approximate surface area is 372 Å². The first kappa shape index (κ1) is 37.5. The van der Waals surface area contributed by atoms with Crippen molar-refractivity contribution in [2.75, 3.05) is 0 Å². The molecule has 0 spiro atoms. The van der Waals surface area contributed by atoms with Crippen LogP contribution in [0.2, 0.25) is 0 Å². The third-order valence-electron chi connectivity index (χ3n) is 12.9. The molecule has 2 aromatic heterocycles. The molecule has 12 rings (SSSR count). The van der Waals surface area contributed by atoms with Crippen LogP contribution in [-0.4, -0.2) is 15.0 Å². The fraction of sp³-hybridized carbons (Fsp3) is 0.0500. The van der Waals surface area contributed by atoms with Crippen LogP contribution in [0.3, 0.4) is 0 Å². The predicted molar refractivity (Wildman–Crippen MR) is 263 cm³/mol. The molecule has 0 saturated heterocycles. The molecule has 11 aromatic rings. The summed E-state index contributed by atoms with van der Waals surface area (Å²) in [7, 11) is 0. The van der Waals surface area contributed by atoms with E-state index in [0.717, 1.165) is 66.4 Å². The molecule has 1 aliphatic rings. The topological polar surface area (TPSA) is 51.8 Å². The summed E-state index contributed by atoms with van der Waals surface area (Å²) in [6.07, 6.45) is 0. The molecule has 0 radical (unpaired) electrons. The number of nitrogens with zero attached hydrogens (tertiary/aromatic N) is 3. The lowest BCUT2D eigenvalue weighted by atomic mass is 9.81. The van der Waals surface area contributed by atoms with E-state index in [1.54, 1.807) is 0 Å². The van der Waals surface area contributed by atoms with Crippen molar-refractivity contribution in [2.45, 2.75) is 19.3 Å². The quantitative estimate of drug-likeness (QED) is 0.161. The normalized spacial score (nSPS) is 12.7. The molecule has 4 heteroatoms. The van der Waals surface area contributed by atoms with Gasteiger partial charge in [-0.2, -0.15) is 0 Å². The smallest absolute Gasteiger partial charge is 0.164 e. The lowest BCUT2D eigenvalue weighted by molar-refractivity contribution is 0.660. The fourth-order valence-corrected chi connectivity index (χ4v) is 9.65. The summed E-state index contributed by atoms with van der Waals surface area (Å²) in [5.41, 5.74) is 18.8. The highest BCUT2D eigenvalue weighted by Crippen LogP contribution is 2.49. The molecule has 0 fully saturated rings. The van der Waals surface area contributed by atoms with Gasteiger partial charge in [0.25, 0.3) is 0 Å². The summed E-state index contributed by atoms with van der Waals surface area (Å²) >= 11 is 0. The van der Waals surface area contributed by atoms with E-state index in [1.807, 2.05) is 30.3 Å². The first-order valence-corrected chi connectivity index (χ1v) is 21.8. The van der Waals surface area contributed by atoms with Crippen molar-refractivity contribution in [3.8, 4) is 89.8 Å². The van der Waals surface area contributed by atoms with Crippen LogP contribution < -0.4 is 0 Å². The molecule has 2 heterocycles. The summed E-state index contributed by atoms with van der Waals surface area (Å²) in [6, 6.07) is 75.0. The second-order valence-corrected chi connectivity index (χ2v) is 17.2. The third-order valence-corrected chi connectivity index (χ3v) is 12.9. The first-order chi connectivity index (χ1) is 31.4. The van der Waals surface area contributed by atoms with Gasteiger partial charge in [-0.05, 0) is 109 Å². The minimum absolute atomic E-state index is 0.0841. The number of benzene rings is 9. The standard InChI is InChI=1S/C60H41N3O/c1-60(2)52-27-10-9-25-49(52)50-31-29-43(36-53(50)60)41-20-12-23-46(34-41)58-61-57(39-17-7-4-8-18-39)62-59(63-58)47-24-13-21-42(35-47)44-30-32-51-55(37-44)64-54-28-14-26-48(56(51)54)45-22-11-19-40(33-45)38-15-5-3-6-16-38/h3-37H,1-2H3. The van der Waals surface area contributed by atoms with Crippen molar-refractivity contribution in [1.29, 1.82) is 0 Å². The molecule has 0 amide bonds. The molecule has 9 aromatic carbocycles. The van der Waals surface area contributed by atoms with E-state index in [1.165, 1.54) is 38.9 Å². The van der Waals surface area contributed by atoms with Crippen LogP contribution >= 0.6 is 0 Å². The van der Waals surface area contributed by atoms with Crippen molar-refractivity contribution in [3.05, 3.63) is 223 Å². The Kier molecular flexibility index (Phi) is 8.80. The minimum Gasteiger partial charge on any atom is -0.456 e. The molecule has 0 bridgehead atoms. The monoisotopic (exact) mass is 819 g/mol. The zero-order valence-electron chi connectivity index (χ0n) is 35.5. The van der Waals surface area contributed by atoms with Crippen LogP contribution in [0.5, 0.6) is 0 Å². The van der Waals surface area contributed by atoms with Crippen molar-refractivity contribution in [3.63, 3.8) is 0 Å². The van der Waals surface area contributed by atoms with Gasteiger partial charge in [0.05, 0.1) is 0 Å². The molecule has 1 aliphatic carbocycles. The van der Waals surface area contributed by atoms with Crippen LogP contribution in [0, 0.1) is 0 Å². The van der Waals surface area contributed by atoms with Crippen LogP contribution in [-0.2, 0) is 5.41 Å². The molecular formula is C60H41N3O. The van der Waals surface area contributed by atoms with Crippen LogP contribution in [0.15, 0.2) is 217 Å². The van der Waals surface area contributed by atoms with E-state index in [0.29, 0.717) is 17.5 Å². The highest BCUT2D eigenvalue weighted by Gasteiger charge is 2.35. The van der Waals surface area contributed by atoms with E-state index >= 15 is 0 Å². The van der Waals surface area contributed by atoms with E-state index in [2.05, 4.69) is 196 Å². The second-order valence-electron chi connectivity index (χ2n) is 17.2. The number of rotatable bonds is 7. The average Bonchev–Trinajstić information content (AvgIpc) is 3.85. The van der Waals surface area contributed by atoms with Gasteiger partial charge in [-0.3, -0.25) is 0 Å². The lowest BCUT2D eigenvalue weighted by Crippen LogP contribution is -2.14. The molecule has 302 valence electrons. The molecular weight excluding hydrogens is 779 g/mol. The van der Waals surface area contributed by atoms with Crippen LogP contribution in [0.1, 0.15) is 25.0 Å². The van der Waals surface area contributed by atoms with Gasteiger partial charge in [0.1, 0.15) is 11.2 Å². The highest BCUT2D eigenvalue weighted by molar-refractivity contribution is 6.13. The third kappa shape index (κ3) is 6.42. The van der Waals surface area contributed by atoms with Gasteiger partial charge >= 0.3 is 0 Å². The summed E-state index contributed by atoms with van der Waals surface area (Å²) < 4.78 is 6.59. The van der Waals surface area contributed by atoms with Gasteiger partial charge in [0.15, 0.2) is 17.5 Å². The van der Waals surface area contributed by atoms with E-state index in [4.69, 9.17) is 19.4 Å². The Morgan fingerprint density at radius 1 is 0.312 bits per heavy atom. The van der Waals surface area contributed by atoms with Gasteiger partial charge in [0.2, 0.25) is 0 Å². The zero-order valence-corrected chi connectivity index (χ0v) is 35.5. The number of hydrogen-bond donors (Lipinski definition) is 0. The zero-order chi connectivity index (χ0) is 42.8. The molecule has 0 N–H and O–H groups in total. The Bertz CT molecular complexity index is 3590. The maximum atomic E-state index is 6.59. The largest absolute Gasteiger partial charge is 0.456 e. The van der Waals surface area contributed by atoms with Crippen molar-refractivity contribution in [2.24, 2.45) is 0 Å². The van der Waals surface area contributed by atoms with Gasteiger partial charge in [0, 0.05) is 32.9 Å². The maximum absolute atomic E-state index is 6.59. The Morgan fingerprint density at radius 2 is 0.781 bits per heavy atom. The van der Waals surface area contributed by atoms with Gasteiger partial charge in [-0.1, -0.05) is 184 Å². The summed E-state index contributed by atoms with van der Waals surface area (Å²) in [5, 5.41) is 2.20. The molecule has 0 aliphatic heterocycles. The Balaban J connectivity index is 0.913. The Morgan fingerprint density at radius 3 is 1.48 bits per heavy atom. The number of furan rings is 1. The summed E-state index contributed by atoms with van der Waals surface area (Å²) in [5.74, 6) is 1.86. The van der Waals surface area contributed by atoms with E-state index in [-0.39, 0.29) is 5.41 Å². The van der Waals surface area contributed by atoms with Crippen LogP contribution in [0.25, 0.3) is 112 Å². The average molecular weight is 820 g/mol. The molecule has 0 atom stereocenters. The van der Waals surface area contributed by atoms with Gasteiger partial charge in [-0.25, -0.2) is 15.0 Å². The number of hydrogen-bond acceptors (Lipinski definition) is 4. The van der Waals surface area contributed by atoms with E-state index < -0.39 is 0 Å². The molecule has 4 nitrogen and oxygen atoms in total. The Hall–Kier alpha value is -8.21. The second kappa shape index (κ2) is 15.0. The number of fused-ring (bicyclic) bond motifs is 6. The van der Waals surface area contributed by atoms with Gasteiger partial charge in [-0.15, -0.1) is 0 Å². The lowest BCUT2D eigenvalue weighted by Gasteiger charge is -2.22. The molecule has 0 unspecified atom stereocenters.